The molecular weight excluding hydrogens is 208 g/mol. The van der Waals surface area contributed by atoms with E-state index in [1.54, 1.807) is 0 Å². The molecule has 0 N–H and O–H groups in total. The van der Waals surface area contributed by atoms with Crippen LogP contribution in [-0.4, -0.2) is 23.4 Å². The molecule has 0 atom stereocenters. The summed E-state index contributed by atoms with van der Waals surface area (Å²) in [5.41, 5.74) is 0. The summed E-state index contributed by atoms with van der Waals surface area (Å²) in [6, 6.07) is 0. The van der Waals surface area contributed by atoms with Crippen LogP contribution in [0.5, 0.6) is 0 Å². The second-order valence-corrected chi connectivity index (χ2v) is 3.88. The average molecular weight is 220 g/mol. The van der Waals surface area contributed by atoms with Gasteiger partial charge in [-0.3, -0.25) is 9.59 Å². The van der Waals surface area contributed by atoms with Gasteiger partial charge in [-0.25, -0.2) is 9.59 Å². The van der Waals surface area contributed by atoms with E-state index in [0.29, 0.717) is 25.7 Å². The molecule has 0 aromatic heterocycles. The molecule has 0 amide bonds. The van der Waals surface area contributed by atoms with Crippen molar-refractivity contribution in [1.29, 1.82) is 0 Å². The monoisotopic (exact) mass is 220 g/mol. The first-order valence-electron chi connectivity index (χ1n) is 5.18. The van der Waals surface area contributed by atoms with Gasteiger partial charge in [0.1, 0.15) is 11.9 Å². The highest BCUT2D eigenvalue weighted by molar-refractivity contribution is 5.99. The SMILES string of the molecule is O=C=CC(=O)C1CCC(C(=O)C=C=O)CC1. The van der Waals surface area contributed by atoms with E-state index < -0.39 is 0 Å². The highest BCUT2D eigenvalue weighted by Gasteiger charge is 2.28. The van der Waals surface area contributed by atoms with Crippen molar-refractivity contribution in [2.24, 2.45) is 11.8 Å². The van der Waals surface area contributed by atoms with Crippen LogP contribution in [0.2, 0.25) is 0 Å². The number of carbonyl (C=O) groups is 2. The molecule has 0 spiro atoms. The lowest BCUT2D eigenvalue weighted by Crippen LogP contribution is -2.24. The van der Waals surface area contributed by atoms with E-state index in [9.17, 15) is 19.2 Å². The number of rotatable bonds is 4. The maximum Gasteiger partial charge on any atom is 0.169 e. The van der Waals surface area contributed by atoms with Crippen molar-refractivity contribution in [1.82, 2.24) is 0 Å². The Labute approximate surface area is 93.0 Å². The molecule has 0 unspecified atom stereocenters. The second-order valence-electron chi connectivity index (χ2n) is 3.88. The summed E-state index contributed by atoms with van der Waals surface area (Å²) in [6.07, 6.45) is 4.16. The van der Waals surface area contributed by atoms with Gasteiger partial charge in [-0.1, -0.05) is 0 Å². The Bertz CT molecular complexity index is 338. The minimum absolute atomic E-state index is 0.175. The third kappa shape index (κ3) is 3.13. The summed E-state index contributed by atoms with van der Waals surface area (Å²) in [6.45, 7) is 0. The number of hydrogen-bond acceptors (Lipinski definition) is 4. The van der Waals surface area contributed by atoms with Crippen LogP contribution in [0.25, 0.3) is 0 Å². The van der Waals surface area contributed by atoms with E-state index in [-0.39, 0.29) is 23.4 Å². The zero-order valence-electron chi connectivity index (χ0n) is 8.77. The van der Waals surface area contributed by atoms with Crippen LogP contribution in [0.15, 0.2) is 12.2 Å². The highest BCUT2D eigenvalue weighted by atomic mass is 16.1. The molecule has 4 nitrogen and oxygen atoms in total. The molecule has 16 heavy (non-hydrogen) atoms. The van der Waals surface area contributed by atoms with Gasteiger partial charge in [-0.05, 0) is 25.7 Å². The molecule has 1 aliphatic carbocycles. The molecule has 1 fully saturated rings. The van der Waals surface area contributed by atoms with Crippen LogP contribution in [0.4, 0.5) is 0 Å². The van der Waals surface area contributed by atoms with Gasteiger partial charge in [0.15, 0.2) is 11.6 Å². The standard InChI is InChI=1S/C12H12O4/c13-7-5-11(15)9-1-2-10(4-3-9)12(16)6-8-14/h5-6,9-10H,1-4H2. The summed E-state index contributed by atoms with van der Waals surface area (Å²) in [5.74, 6) is 2.16. The second kappa shape index (κ2) is 5.96. The molecule has 0 aromatic rings. The first-order chi connectivity index (χ1) is 7.69. The molecule has 1 rings (SSSR count). The Hall–Kier alpha value is -1.76. The predicted molar refractivity (Wildman–Crippen MR) is 56.0 cm³/mol. The van der Waals surface area contributed by atoms with Crippen LogP contribution >= 0.6 is 0 Å². The first kappa shape index (κ1) is 12.3. The van der Waals surface area contributed by atoms with Gasteiger partial charge in [0.25, 0.3) is 0 Å². The van der Waals surface area contributed by atoms with Crippen LogP contribution in [0.3, 0.4) is 0 Å². The highest BCUT2D eigenvalue weighted by Crippen LogP contribution is 2.30. The molecule has 4 heteroatoms. The van der Waals surface area contributed by atoms with E-state index in [4.69, 9.17) is 0 Å². The molecule has 1 saturated carbocycles. The Morgan fingerprint density at radius 2 is 1.12 bits per heavy atom. The van der Waals surface area contributed by atoms with Crippen molar-refractivity contribution in [2.45, 2.75) is 25.7 Å². The van der Waals surface area contributed by atoms with Gasteiger partial charge >= 0.3 is 0 Å². The largest absolute Gasteiger partial charge is 0.294 e. The fourth-order valence-electron chi connectivity index (χ4n) is 2.01. The number of allylic oxidation sites excluding steroid dienone is 2. The van der Waals surface area contributed by atoms with E-state index >= 15 is 0 Å². The Kier molecular flexibility index (Phi) is 4.59. The van der Waals surface area contributed by atoms with Crippen LogP contribution in [-0.2, 0) is 19.2 Å². The first-order valence-corrected chi connectivity index (χ1v) is 5.18. The zero-order chi connectivity index (χ0) is 12.0. The lowest BCUT2D eigenvalue weighted by Gasteiger charge is -2.24. The van der Waals surface area contributed by atoms with Gasteiger partial charge in [-0.2, -0.15) is 0 Å². The summed E-state index contributed by atoms with van der Waals surface area (Å²) >= 11 is 0. The fraction of sp³-hybridized carbons (Fsp3) is 0.500. The maximum absolute atomic E-state index is 11.3. The topological polar surface area (TPSA) is 68.3 Å². The lowest BCUT2D eigenvalue weighted by atomic mass is 9.78. The van der Waals surface area contributed by atoms with E-state index in [2.05, 4.69) is 0 Å². The van der Waals surface area contributed by atoms with Crippen LogP contribution in [0, 0.1) is 11.8 Å². The molecular formula is C12H12O4. The van der Waals surface area contributed by atoms with Gasteiger partial charge < -0.3 is 0 Å². The van der Waals surface area contributed by atoms with Gasteiger partial charge in [0.05, 0.1) is 12.2 Å². The van der Waals surface area contributed by atoms with Crippen molar-refractivity contribution in [2.75, 3.05) is 0 Å². The molecule has 84 valence electrons. The van der Waals surface area contributed by atoms with Crippen molar-refractivity contribution in [3.8, 4) is 0 Å². The van der Waals surface area contributed by atoms with Crippen LogP contribution < -0.4 is 0 Å². The van der Waals surface area contributed by atoms with E-state index in [1.165, 1.54) is 11.9 Å². The number of ketones is 2. The molecule has 0 aromatic carbocycles. The number of carbonyl (C=O) groups excluding carboxylic acids is 4. The molecule has 0 heterocycles. The van der Waals surface area contributed by atoms with Crippen LogP contribution in [0.1, 0.15) is 25.7 Å². The van der Waals surface area contributed by atoms with Crippen molar-refractivity contribution >= 4 is 23.4 Å². The summed E-state index contributed by atoms with van der Waals surface area (Å²) in [5, 5.41) is 0. The Morgan fingerprint density at radius 3 is 1.38 bits per heavy atom. The van der Waals surface area contributed by atoms with Gasteiger partial charge in [0, 0.05) is 11.8 Å². The van der Waals surface area contributed by atoms with Crippen molar-refractivity contribution in [3.05, 3.63) is 12.2 Å². The normalized spacial score (nSPS) is 23.8. The Morgan fingerprint density at radius 1 is 0.812 bits per heavy atom. The van der Waals surface area contributed by atoms with E-state index in [1.807, 2.05) is 0 Å². The predicted octanol–water partition coefficient (Wildman–Crippen LogP) is 0.707. The van der Waals surface area contributed by atoms with Crippen molar-refractivity contribution in [3.63, 3.8) is 0 Å². The maximum atomic E-state index is 11.3. The molecule has 0 bridgehead atoms. The molecule has 0 saturated heterocycles. The quantitative estimate of drug-likeness (QED) is 0.516. The summed E-state index contributed by atoms with van der Waals surface area (Å²) in [4.78, 5) is 42.7. The van der Waals surface area contributed by atoms with E-state index in [0.717, 1.165) is 12.2 Å². The Balaban J connectivity index is 2.51. The lowest BCUT2D eigenvalue weighted by molar-refractivity contribution is -0.123. The van der Waals surface area contributed by atoms with Gasteiger partial charge in [-0.15, -0.1) is 0 Å². The minimum Gasteiger partial charge on any atom is -0.294 e. The molecule has 1 aliphatic rings. The average Bonchev–Trinajstić information content (AvgIpc) is 2.30. The van der Waals surface area contributed by atoms with Crippen molar-refractivity contribution < 1.29 is 19.2 Å². The smallest absolute Gasteiger partial charge is 0.169 e. The third-order valence-electron chi connectivity index (χ3n) is 2.93. The fourth-order valence-corrected chi connectivity index (χ4v) is 2.01. The third-order valence-corrected chi connectivity index (χ3v) is 2.93. The minimum atomic E-state index is -0.216. The summed E-state index contributed by atoms with van der Waals surface area (Å²) in [7, 11) is 0. The number of hydrogen-bond donors (Lipinski definition) is 0. The zero-order valence-corrected chi connectivity index (χ0v) is 8.77. The summed E-state index contributed by atoms with van der Waals surface area (Å²) < 4.78 is 0. The van der Waals surface area contributed by atoms with Gasteiger partial charge in [0.2, 0.25) is 0 Å². The molecule has 0 radical (unpaired) electrons. The molecule has 0 aliphatic heterocycles.